The Morgan fingerprint density at radius 1 is 1.44 bits per heavy atom. The van der Waals surface area contributed by atoms with E-state index in [4.69, 9.17) is 5.11 Å². The Hall–Kier alpha value is -0.870. The van der Waals surface area contributed by atoms with Crippen molar-refractivity contribution in [1.82, 2.24) is 4.31 Å². The van der Waals surface area contributed by atoms with Gasteiger partial charge in [0.1, 0.15) is 0 Å². The minimum atomic E-state index is -5.02. The fraction of sp³-hybridized carbons (Fsp3) is 0.833. The van der Waals surface area contributed by atoms with E-state index in [0.29, 0.717) is 4.31 Å². The topological polar surface area (TPSA) is 101 Å². The predicted molar refractivity (Wildman–Crippen MR) is 45.4 cm³/mol. The van der Waals surface area contributed by atoms with Crippen molar-refractivity contribution in [2.75, 3.05) is 13.1 Å². The SMILES string of the molecule is NS(=O)(=O)N1CCC(C(=O)O)(C(F)(F)F)C1. The summed E-state index contributed by atoms with van der Waals surface area (Å²) in [5.74, 6) is -2.09. The van der Waals surface area contributed by atoms with Crippen LogP contribution in [0.25, 0.3) is 0 Å². The molecule has 0 aliphatic carbocycles. The number of carbonyl (C=O) groups is 1. The molecule has 3 N–H and O–H groups in total. The van der Waals surface area contributed by atoms with Crippen LogP contribution in [0.5, 0.6) is 0 Å². The molecule has 1 aliphatic rings. The van der Waals surface area contributed by atoms with Crippen LogP contribution in [0.1, 0.15) is 6.42 Å². The van der Waals surface area contributed by atoms with Crippen LogP contribution >= 0.6 is 0 Å². The number of halogens is 3. The number of nitrogens with zero attached hydrogens (tertiary/aromatic N) is 1. The number of nitrogens with two attached hydrogens (primary N) is 1. The summed E-state index contributed by atoms with van der Waals surface area (Å²) in [5.41, 5.74) is -3.06. The van der Waals surface area contributed by atoms with E-state index in [1.54, 1.807) is 0 Å². The molecule has 10 heteroatoms. The van der Waals surface area contributed by atoms with E-state index < -0.39 is 47.3 Å². The molecule has 0 bridgehead atoms. The highest BCUT2D eigenvalue weighted by Crippen LogP contribution is 2.46. The van der Waals surface area contributed by atoms with Gasteiger partial charge in [0.2, 0.25) is 0 Å². The number of hydrogen-bond acceptors (Lipinski definition) is 3. The van der Waals surface area contributed by atoms with Crippen molar-refractivity contribution in [2.45, 2.75) is 12.6 Å². The van der Waals surface area contributed by atoms with Crippen molar-refractivity contribution in [2.24, 2.45) is 10.6 Å². The molecule has 0 saturated carbocycles. The van der Waals surface area contributed by atoms with Gasteiger partial charge < -0.3 is 5.11 Å². The predicted octanol–water partition coefficient (Wildman–Crippen LogP) is -0.471. The van der Waals surface area contributed by atoms with Crippen LogP contribution in [0.2, 0.25) is 0 Å². The average molecular weight is 262 g/mol. The molecule has 6 nitrogen and oxygen atoms in total. The standard InChI is InChI=1S/C6H9F3N2O4S/c7-6(8,9)5(4(12)13)1-2-11(3-5)16(10,14)15/h1-3H2,(H,12,13)(H2,10,14,15). The van der Waals surface area contributed by atoms with E-state index in [0.717, 1.165) is 0 Å². The molecule has 0 aromatic heterocycles. The molecule has 1 atom stereocenters. The van der Waals surface area contributed by atoms with Crippen LogP contribution < -0.4 is 5.14 Å². The normalized spacial score (nSPS) is 28.2. The maximum Gasteiger partial charge on any atom is 0.406 e. The Labute approximate surface area is 89.0 Å². The van der Waals surface area contributed by atoms with E-state index in [1.165, 1.54) is 0 Å². The van der Waals surface area contributed by atoms with Gasteiger partial charge in [-0.2, -0.15) is 25.9 Å². The third-order valence-corrected chi connectivity index (χ3v) is 3.58. The average Bonchev–Trinajstić information content (AvgIpc) is 2.45. The van der Waals surface area contributed by atoms with Crippen LogP contribution in [0.4, 0.5) is 13.2 Å². The highest BCUT2D eigenvalue weighted by molar-refractivity contribution is 7.86. The summed E-state index contributed by atoms with van der Waals surface area (Å²) in [5, 5.41) is 13.2. The van der Waals surface area contributed by atoms with E-state index in [9.17, 15) is 26.4 Å². The van der Waals surface area contributed by atoms with Crippen LogP contribution in [-0.4, -0.2) is 43.1 Å². The van der Waals surface area contributed by atoms with Crippen molar-refractivity contribution in [3.8, 4) is 0 Å². The summed E-state index contributed by atoms with van der Waals surface area (Å²) >= 11 is 0. The second kappa shape index (κ2) is 3.57. The zero-order valence-corrected chi connectivity index (χ0v) is 8.68. The molecule has 0 amide bonds. The smallest absolute Gasteiger partial charge is 0.406 e. The van der Waals surface area contributed by atoms with Gasteiger partial charge >= 0.3 is 12.1 Å². The Morgan fingerprint density at radius 3 is 2.12 bits per heavy atom. The molecule has 1 fully saturated rings. The van der Waals surface area contributed by atoms with Gasteiger partial charge in [-0.05, 0) is 6.42 Å². The Kier molecular flexibility index (Phi) is 2.94. The molecule has 1 unspecified atom stereocenters. The second-order valence-corrected chi connectivity index (χ2v) is 5.06. The molecule has 94 valence electrons. The van der Waals surface area contributed by atoms with Gasteiger partial charge in [0, 0.05) is 13.1 Å². The molecular formula is C6H9F3N2O4S. The van der Waals surface area contributed by atoms with Crippen molar-refractivity contribution in [1.29, 1.82) is 0 Å². The number of carboxylic acids is 1. The van der Waals surface area contributed by atoms with Gasteiger partial charge in [-0.25, -0.2) is 5.14 Å². The lowest BCUT2D eigenvalue weighted by atomic mass is 9.86. The van der Waals surface area contributed by atoms with Gasteiger partial charge in [0.25, 0.3) is 10.2 Å². The molecule has 1 saturated heterocycles. The van der Waals surface area contributed by atoms with Crippen LogP contribution in [0.15, 0.2) is 0 Å². The van der Waals surface area contributed by atoms with Crippen LogP contribution in [0.3, 0.4) is 0 Å². The zero-order valence-electron chi connectivity index (χ0n) is 7.86. The lowest BCUT2D eigenvalue weighted by Gasteiger charge is -2.26. The lowest BCUT2D eigenvalue weighted by Crippen LogP contribution is -2.48. The van der Waals surface area contributed by atoms with Gasteiger partial charge in [-0.1, -0.05) is 0 Å². The van der Waals surface area contributed by atoms with Crippen molar-refractivity contribution >= 4 is 16.2 Å². The number of hydrogen-bond donors (Lipinski definition) is 2. The zero-order chi connectivity index (χ0) is 12.8. The summed E-state index contributed by atoms with van der Waals surface area (Å²) in [6, 6.07) is 0. The lowest BCUT2D eigenvalue weighted by molar-refractivity contribution is -0.226. The van der Waals surface area contributed by atoms with Crippen molar-refractivity contribution < 1.29 is 31.5 Å². The summed E-state index contributed by atoms with van der Waals surface area (Å²) in [6.45, 7) is -1.73. The first-order valence-electron chi connectivity index (χ1n) is 4.09. The van der Waals surface area contributed by atoms with E-state index in [2.05, 4.69) is 5.14 Å². The second-order valence-electron chi connectivity index (χ2n) is 3.51. The Morgan fingerprint density at radius 2 is 1.94 bits per heavy atom. The molecule has 16 heavy (non-hydrogen) atoms. The molecule has 0 radical (unpaired) electrons. The Balaban J connectivity index is 3.09. The first kappa shape index (κ1) is 13.2. The van der Waals surface area contributed by atoms with Crippen molar-refractivity contribution in [3.63, 3.8) is 0 Å². The van der Waals surface area contributed by atoms with E-state index >= 15 is 0 Å². The molecule has 0 spiro atoms. The van der Waals surface area contributed by atoms with Gasteiger partial charge in [0.15, 0.2) is 5.41 Å². The molecule has 1 heterocycles. The fourth-order valence-electron chi connectivity index (χ4n) is 1.52. The quantitative estimate of drug-likeness (QED) is 0.702. The number of carboxylic acid groups (broad SMARTS) is 1. The molecule has 0 aromatic rings. The highest BCUT2D eigenvalue weighted by Gasteiger charge is 2.64. The fourth-order valence-corrected chi connectivity index (χ4v) is 2.27. The minimum Gasteiger partial charge on any atom is -0.481 e. The third-order valence-electron chi connectivity index (χ3n) is 2.55. The summed E-state index contributed by atoms with van der Waals surface area (Å²) < 4.78 is 59.7. The van der Waals surface area contributed by atoms with E-state index in [1.807, 2.05) is 0 Å². The summed E-state index contributed by atoms with van der Waals surface area (Å²) in [6.07, 6.45) is -5.85. The first-order chi connectivity index (χ1) is 7.01. The number of alkyl halides is 3. The van der Waals surface area contributed by atoms with Crippen LogP contribution in [0, 0.1) is 5.41 Å². The van der Waals surface area contributed by atoms with E-state index in [-0.39, 0.29) is 0 Å². The Bertz CT molecular complexity index is 406. The van der Waals surface area contributed by atoms with Crippen molar-refractivity contribution in [3.05, 3.63) is 0 Å². The minimum absolute atomic E-state index is 0.314. The van der Waals surface area contributed by atoms with Gasteiger partial charge in [-0.15, -0.1) is 0 Å². The molecular weight excluding hydrogens is 253 g/mol. The molecule has 1 rings (SSSR count). The molecule has 1 aliphatic heterocycles. The summed E-state index contributed by atoms with van der Waals surface area (Å²) in [7, 11) is -4.30. The molecule has 0 aromatic carbocycles. The van der Waals surface area contributed by atoms with Gasteiger partial charge in [-0.3, -0.25) is 4.79 Å². The monoisotopic (exact) mass is 262 g/mol. The third kappa shape index (κ3) is 1.99. The summed E-state index contributed by atoms with van der Waals surface area (Å²) in [4.78, 5) is 10.7. The van der Waals surface area contributed by atoms with Gasteiger partial charge in [0.05, 0.1) is 0 Å². The maximum atomic E-state index is 12.6. The maximum absolute atomic E-state index is 12.6. The van der Waals surface area contributed by atoms with Crippen LogP contribution in [-0.2, 0) is 15.0 Å². The number of aliphatic carboxylic acids is 1. The largest absolute Gasteiger partial charge is 0.481 e. The first-order valence-corrected chi connectivity index (χ1v) is 5.59. The number of rotatable bonds is 2. The highest BCUT2D eigenvalue weighted by atomic mass is 32.2.